The molecule has 0 aliphatic heterocycles. The van der Waals surface area contributed by atoms with Gasteiger partial charge in [0.1, 0.15) is 6.10 Å². The topological polar surface area (TPSA) is 72.8 Å². The number of aliphatic hydroxyl groups excluding tert-OH is 1. The standard InChI is InChI=1S/C32H46O5/c1-20(10-15-29(34)36-4)25-13-14-26-24-12-11-22-18-23(37-30(35)21-8-6-5-7-9-21)16-17-31(22,2)27(24)19-28(33)32(25,26)3/h5-9,20,22-28,33H,10-19H2,1-4H3/t20-,22-,23?,24+,25?,26+,27?,28-,31+,32-/m1/s1. The van der Waals surface area contributed by atoms with Gasteiger partial charge in [-0.25, -0.2) is 4.79 Å². The molecule has 0 bridgehead atoms. The molecule has 5 nitrogen and oxygen atoms in total. The number of esters is 2. The van der Waals surface area contributed by atoms with Gasteiger partial charge in [0.25, 0.3) is 0 Å². The number of benzene rings is 1. The molecule has 0 radical (unpaired) electrons. The Morgan fingerprint density at radius 1 is 1.03 bits per heavy atom. The number of rotatable bonds is 6. The van der Waals surface area contributed by atoms with Gasteiger partial charge in [0, 0.05) is 6.42 Å². The van der Waals surface area contributed by atoms with Crippen molar-refractivity contribution in [3.05, 3.63) is 35.9 Å². The lowest BCUT2D eigenvalue weighted by Gasteiger charge is -2.62. The Kier molecular flexibility index (Phi) is 7.48. The fourth-order valence-electron chi connectivity index (χ4n) is 9.69. The summed E-state index contributed by atoms with van der Waals surface area (Å²) in [5.74, 6) is 2.82. The summed E-state index contributed by atoms with van der Waals surface area (Å²) in [7, 11) is 1.46. The molecular weight excluding hydrogens is 464 g/mol. The Labute approximate surface area is 222 Å². The summed E-state index contributed by atoms with van der Waals surface area (Å²) in [5, 5.41) is 11.8. The second kappa shape index (κ2) is 10.4. The van der Waals surface area contributed by atoms with Crippen molar-refractivity contribution in [3.63, 3.8) is 0 Å². The molecule has 0 spiro atoms. The van der Waals surface area contributed by atoms with Crippen molar-refractivity contribution in [3.8, 4) is 0 Å². The van der Waals surface area contributed by atoms with E-state index in [1.807, 2.05) is 30.3 Å². The number of methoxy groups -OCH3 is 1. The maximum atomic E-state index is 12.7. The minimum absolute atomic E-state index is 0.00682. The summed E-state index contributed by atoms with van der Waals surface area (Å²) in [6.07, 6.45) is 9.59. The lowest BCUT2D eigenvalue weighted by molar-refractivity contribution is -0.175. The Balaban J connectivity index is 1.27. The highest BCUT2D eigenvalue weighted by Crippen LogP contribution is 2.68. The van der Waals surface area contributed by atoms with Gasteiger partial charge in [0.15, 0.2) is 0 Å². The molecule has 4 aliphatic rings. The Bertz CT molecular complexity index is 977. The molecule has 0 amide bonds. The number of hydrogen-bond donors (Lipinski definition) is 1. The average molecular weight is 511 g/mol. The average Bonchev–Trinajstić information content (AvgIpc) is 3.27. The van der Waals surface area contributed by atoms with E-state index in [-0.39, 0.29) is 35.0 Å². The molecule has 1 aromatic rings. The summed E-state index contributed by atoms with van der Waals surface area (Å²) in [4.78, 5) is 24.5. The largest absolute Gasteiger partial charge is 0.469 e. The first-order valence-electron chi connectivity index (χ1n) is 14.7. The SMILES string of the molecule is COC(=O)CC[C@@H](C)C1CC[C@H]2[C@@H]3CC[C@@H]4CC(OC(=O)c5ccccc5)CC[C@]4(C)C3C[C@@H](O)[C@]12C. The Hall–Kier alpha value is -1.88. The molecule has 10 atom stereocenters. The van der Waals surface area contributed by atoms with E-state index >= 15 is 0 Å². The van der Waals surface area contributed by atoms with Crippen LogP contribution in [0.4, 0.5) is 0 Å². The Morgan fingerprint density at radius 2 is 1.78 bits per heavy atom. The van der Waals surface area contributed by atoms with Crippen molar-refractivity contribution in [1.29, 1.82) is 0 Å². The van der Waals surface area contributed by atoms with Gasteiger partial charge in [-0.2, -0.15) is 0 Å². The minimum Gasteiger partial charge on any atom is -0.469 e. The van der Waals surface area contributed by atoms with Gasteiger partial charge in [-0.05, 0) is 116 Å². The molecule has 37 heavy (non-hydrogen) atoms. The van der Waals surface area contributed by atoms with Crippen molar-refractivity contribution < 1.29 is 24.2 Å². The van der Waals surface area contributed by atoms with Crippen LogP contribution in [0.5, 0.6) is 0 Å². The van der Waals surface area contributed by atoms with Crippen LogP contribution < -0.4 is 0 Å². The van der Waals surface area contributed by atoms with E-state index in [1.54, 1.807) is 0 Å². The van der Waals surface area contributed by atoms with Crippen LogP contribution in [0.25, 0.3) is 0 Å². The highest BCUT2D eigenvalue weighted by molar-refractivity contribution is 5.89. The van der Waals surface area contributed by atoms with Crippen molar-refractivity contribution in [2.75, 3.05) is 7.11 Å². The summed E-state index contributed by atoms with van der Waals surface area (Å²) < 4.78 is 10.9. The van der Waals surface area contributed by atoms with Crippen molar-refractivity contribution in [2.45, 2.75) is 97.2 Å². The third-order valence-electron chi connectivity index (χ3n) is 11.8. The number of ether oxygens (including phenoxy) is 2. The molecule has 0 aromatic heterocycles. The lowest BCUT2D eigenvalue weighted by atomic mass is 9.43. The molecule has 204 valence electrons. The molecule has 4 saturated carbocycles. The molecule has 5 heteroatoms. The smallest absolute Gasteiger partial charge is 0.338 e. The fourth-order valence-corrected chi connectivity index (χ4v) is 9.69. The molecule has 1 aromatic carbocycles. The normalized spacial score (nSPS) is 41.6. The predicted octanol–water partition coefficient (Wildman–Crippen LogP) is 6.43. The van der Waals surface area contributed by atoms with Crippen LogP contribution >= 0.6 is 0 Å². The monoisotopic (exact) mass is 510 g/mol. The number of aliphatic hydroxyl groups is 1. The van der Waals surface area contributed by atoms with Gasteiger partial charge < -0.3 is 14.6 Å². The number of carbonyl (C=O) groups is 2. The molecule has 1 N–H and O–H groups in total. The van der Waals surface area contributed by atoms with Gasteiger partial charge in [-0.1, -0.05) is 39.0 Å². The molecule has 0 saturated heterocycles. The number of fused-ring (bicyclic) bond motifs is 5. The first-order chi connectivity index (χ1) is 17.7. The van der Waals surface area contributed by atoms with E-state index in [2.05, 4.69) is 20.8 Å². The van der Waals surface area contributed by atoms with Crippen molar-refractivity contribution in [1.82, 2.24) is 0 Å². The molecule has 4 fully saturated rings. The van der Waals surface area contributed by atoms with E-state index in [1.165, 1.54) is 26.4 Å². The zero-order valence-electron chi connectivity index (χ0n) is 23.2. The van der Waals surface area contributed by atoms with Crippen LogP contribution in [-0.2, 0) is 14.3 Å². The summed E-state index contributed by atoms with van der Waals surface area (Å²) in [5.41, 5.74) is 0.767. The minimum atomic E-state index is -0.295. The summed E-state index contributed by atoms with van der Waals surface area (Å²) in [6, 6.07) is 9.33. The van der Waals surface area contributed by atoms with Crippen molar-refractivity contribution in [2.24, 2.45) is 46.3 Å². The van der Waals surface area contributed by atoms with E-state index in [0.717, 1.165) is 38.5 Å². The number of carbonyl (C=O) groups excluding carboxylic acids is 2. The van der Waals surface area contributed by atoms with Crippen LogP contribution in [0.15, 0.2) is 30.3 Å². The number of hydrogen-bond acceptors (Lipinski definition) is 5. The first kappa shape index (κ1) is 26.7. The molecular formula is C32H46O5. The Morgan fingerprint density at radius 3 is 2.51 bits per heavy atom. The van der Waals surface area contributed by atoms with Crippen LogP contribution in [0.1, 0.15) is 95.3 Å². The molecule has 5 rings (SSSR count). The van der Waals surface area contributed by atoms with Crippen LogP contribution in [0.3, 0.4) is 0 Å². The molecule has 3 unspecified atom stereocenters. The molecule has 4 aliphatic carbocycles. The zero-order chi connectivity index (χ0) is 26.4. The third-order valence-corrected chi connectivity index (χ3v) is 11.8. The quantitative estimate of drug-likeness (QED) is 0.447. The summed E-state index contributed by atoms with van der Waals surface area (Å²) in [6.45, 7) is 7.11. The lowest BCUT2D eigenvalue weighted by Crippen LogP contribution is -2.59. The van der Waals surface area contributed by atoms with Crippen LogP contribution in [0.2, 0.25) is 0 Å². The van der Waals surface area contributed by atoms with Gasteiger partial charge in [-0.15, -0.1) is 0 Å². The van der Waals surface area contributed by atoms with Crippen molar-refractivity contribution >= 4 is 11.9 Å². The highest BCUT2D eigenvalue weighted by atomic mass is 16.5. The first-order valence-corrected chi connectivity index (χ1v) is 14.7. The van der Waals surface area contributed by atoms with Gasteiger partial charge >= 0.3 is 11.9 Å². The predicted molar refractivity (Wildman–Crippen MR) is 143 cm³/mol. The van der Waals surface area contributed by atoms with Gasteiger partial charge in [-0.3, -0.25) is 4.79 Å². The summed E-state index contributed by atoms with van der Waals surface area (Å²) >= 11 is 0. The van der Waals surface area contributed by atoms with E-state index in [0.29, 0.717) is 47.5 Å². The maximum Gasteiger partial charge on any atom is 0.338 e. The van der Waals surface area contributed by atoms with E-state index in [9.17, 15) is 14.7 Å². The zero-order valence-corrected chi connectivity index (χ0v) is 23.2. The fraction of sp³-hybridized carbons (Fsp3) is 0.750. The van der Waals surface area contributed by atoms with Crippen LogP contribution in [0, 0.1) is 46.3 Å². The highest BCUT2D eigenvalue weighted by Gasteiger charge is 2.63. The van der Waals surface area contributed by atoms with E-state index in [4.69, 9.17) is 9.47 Å². The maximum absolute atomic E-state index is 12.7. The van der Waals surface area contributed by atoms with E-state index < -0.39 is 0 Å². The van der Waals surface area contributed by atoms with Gasteiger partial charge in [0.05, 0.1) is 18.8 Å². The third kappa shape index (κ3) is 4.64. The second-order valence-corrected chi connectivity index (χ2v) is 13.2. The second-order valence-electron chi connectivity index (χ2n) is 13.2. The van der Waals surface area contributed by atoms with Crippen LogP contribution in [-0.4, -0.2) is 36.4 Å². The molecule has 0 heterocycles. The van der Waals surface area contributed by atoms with Gasteiger partial charge in [0.2, 0.25) is 0 Å².